The molecule has 0 amide bonds. The molecule has 0 bridgehead atoms. The molecule has 2 aromatic rings. The van der Waals surface area contributed by atoms with Gasteiger partial charge in [0.1, 0.15) is 11.6 Å². The molecule has 1 aliphatic heterocycles. The predicted molar refractivity (Wildman–Crippen MR) is 87.1 cm³/mol. The summed E-state index contributed by atoms with van der Waals surface area (Å²) in [6.45, 7) is 8.65. The Kier molecular flexibility index (Phi) is 4.77. The minimum atomic E-state index is 0.119. The number of hydrogen-bond donors (Lipinski definition) is 2. The highest BCUT2D eigenvalue weighted by Crippen LogP contribution is 2.17. The van der Waals surface area contributed by atoms with Crippen molar-refractivity contribution in [3.05, 3.63) is 28.6 Å². The number of aliphatic hydroxyl groups is 1. The summed E-state index contributed by atoms with van der Waals surface area (Å²) in [5.41, 5.74) is 3.42. The summed E-state index contributed by atoms with van der Waals surface area (Å²) in [5.74, 6) is 2.19. The maximum atomic E-state index is 9.11. The van der Waals surface area contributed by atoms with Crippen molar-refractivity contribution in [1.29, 1.82) is 0 Å². The molecule has 2 N–H and O–H groups in total. The zero-order valence-electron chi connectivity index (χ0n) is 14.2. The first kappa shape index (κ1) is 16.1. The molecule has 0 saturated carbocycles. The van der Waals surface area contributed by atoms with Gasteiger partial charge in [-0.15, -0.1) is 10.2 Å². The lowest BCUT2D eigenvalue weighted by Gasteiger charge is -2.25. The number of aromatic nitrogens is 5. The topological polar surface area (TPSA) is 80.8 Å². The molecule has 0 spiro atoms. The fraction of sp³-hybridized carbons (Fsp3) is 0.688. The maximum absolute atomic E-state index is 9.11. The van der Waals surface area contributed by atoms with E-state index in [4.69, 9.17) is 5.11 Å². The van der Waals surface area contributed by atoms with Crippen LogP contribution in [0.3, 0.4) is 0 Å². The van der Waals surface area contributed by atoms with Crippen LogP contribution in [0.5, 0.6) is 0 Å². The Labute approximate surface area is 136 Å². The Bertz CT molecular complexity index is 661. The van der Waals surface area contributed by atoms with Crippen LogP contribution in [-0.2, 0) is 32.5 Å². The predicted octanol–water partition coefficient (Wildman–Crippen LogP) is 0.751. The molecule has 7 nitrogen and oxygen atoms in total. The van der Waals surface area contributed by atoms with E-state index in [1.807, 2.05) is 11.6 Å². The van der Waals surface area contributed by atoms with Crippen LogP contribution in [0.25, 0.3) is 0 Å². The van der Waals surface area contributed by atoms with E-state index in [9.17, 15) is 0 Å². The van der Waals surface area contributed by atoms with Crippen molar-refractivity contribution >= 4 is 0 Å². The van der Waals surface area contributed by atoms with Gasteiger partial charge >= 0.3 is 0 Å². The van der Waals surface area contributed by atoms with Crippen LogP contribution in [0.15, 0.2) is 0 Å². The Morgan fingerprint density at radius 3 is 2.87 bits per heavy atom. The number of fused-ring (bicyclic) bond motifs is 1. The lowest BCUT2D eigenvalue weighted by Crippen LogP contribution is -2.37. The minimum Gasteiger partial charge on any atom is -0.394 e. The van der Waals surface area contributed by atoms with Gasteiger partial charge in [-0.2, -0.15) is 5.10 Å². The number of nitrogens with one attached hydrogen (secondary N) is 1. The molecule has 126 valence electrons. The highest BCUT2D eigenvalue weighted by atomic mass is 16.3. The molecule has 23 heavy (non-hydrogen) atoms. The van der Waals surface area contributed by atoms with Crippen molar-refractivity contribution < 1.29 is 5.11 Å². The second kappa shape index (κ2) is 6.80. The summed E-state index contributed by atoms with van der Waals surface area (Å²) in [4.78, 5) is 0. The van der Waals surface area contributed by atoms with Crippen LogP contribution in [0.2, 0.25) is 0 Å². The molecule has 0 saturated heterocycles. The second-order valence-corrected chi connectivity index (χ2v) is 6.21. The van der Waals surface area contributed by atoms with Gasteiger partial charge in [0, 0.05) is 43.2 Å². The van der Waals surface area contributed by atoms with Crippen LogP contribution in [0.1, 0.15) is 41.9 Å². The molecule has 3 rings (SSSR count). The molecule has 0 aliphatic carbocycles. The van der Waals surface area contributed by atoms with Gasteiger partial charge in [0.15, 0.2) is 0 Å². The summed E-state index contributed by atoms with van der Waals surface area (Å²) in [7, 11) is 0. The van der Waals surface area contributed by atoms with Crippen LogP contribution < -0.4 is 5.32 Å². The summed E-state index contributed by atoms with van der Waals surface area (Å²) in [6, 6.07) is 0.434. The Balaban J connectivity index is 1.66. The number of rotatable bonds is 6. The molecule has 1 unspecified atom stereocenters. The van der Waals surface area contributed by atoms with Gasteiger partial charge in [-0.1, -0.05) is 6.92 Å². The lowest BCUT2D eigenvalue weighted by atomic mass is 10.1. The van der Waals surface area contributed by atoms with Crippen LogP contribution in [0, 0.1) is 13.8 Å². The molecular formula is C16H26N6O. The summed E-state index contributed by atoms with van der Waals surface area (Å²) < 4.78 is 4.15. The van der Waals surface area contributed by atoms with Crippen molar-refractivity contribution in [1.82, 2.24) is 29.9 Å². The molecule has 7 heteroatoms. The van der Waals surface area contributed by atoms with Gasteiger partial charge in [-0.25, -0.2) is 0 Å². The third-order valence-corrected chi connectivity index (χ3v) is 4.75. The monoisotopic (exact) mass is 318 g/mol. The lowest BCUT2D eigenvalue weighted by molar-refractivity contribution is 0.267. The number of aliphatic hydroxyl groups excluding tert-OH is 1. The van der Waals surface area contributed by atoms with Crippen LogP contribution >= 0.6 is 0 Å². The van der Waals surface area contributed by atoms with Gasteiger partial charge < -0.3 is 15.0 Å². The van der Waals surface area contributed by atoms with Crippen molar-refractivity contribution in [3.8, 4) is 0 Å². The van der Waals surface area contributed by atoms with Crippen molar-refractivity contribution in [2.75, 3.05) is 6.61 Å². The van der Waals surface area contributed by atoms with Gasteiger partial charge in [0.05, 0.1) is 18.8 Å². The van der Waals surface area contributed by atoms with Crippen molar-refractivity contribution in [2.24, 2.45) is 0 Å². The van der Waals surface area contributed by atoms with E-state index >= 15 is 0 Å². The highest BCUT2D eigenvalue weighted by molar-refractivity contribution is 5.24. The van der Waals surface area contributed by atoms with Gasteiger partial charge in [-0.3, -0.25) is 4.68 Å². The second-order valence-electron chi connectivity index (χ2n) is 6.21. The van der Waals surface area contributed by atoms with E-state index in [0.717, 1.165) is 55.4 Å². The average Bonchev–Trinajstić information content (AvgIpc) is 3.07. The fourth-order valence-electron chi connectivity index (χ4n) is 3.36. The average molecular weight is 318 g/mol. The number of aryl methyl sites for hydroxylation is 3. The normalized spacial score (nSPS) is 17.5. The summed E-state index contributed by atoms with van der Waals surface area (Å²) in [5, 5.41) is 25.8. The van der Waals surface area contributed by atoms with E-state index in [2.05, 4.69) is 39.0 Å². The molecule has 2 aromatic heterocycles. The van der Waals surface area contributed by atoms with E-state index in [-0.39, 0.29) is 6.61 Å². The molecule has 1 atom stereocenters. The van der Waals surface area contributed by atoms with Crippen molar-refractivity contribution in [3.63, 3.8) is 0 Å². The third-order valence-electron chi connectivity index (χ3n) is 4.75. The quantitative estimate of drug-likeness (QED) is 0.821. The first-order valence-electron chi connectivity index (χ1n) is 8.42. The van der Waals surface area contributed by atoms with E-state index in [1.54, 1.807) is 0 Å². The molecule has 0 aromatic carbocycles. The Hall–Kier alpha value is -1.73. The van der Waals surface area contributed by atoms with E-state index in [0.29, 0.717) is 12.6 Å². The van der Waals surface area contributed by atoms with Gasteiger partial charge in [0.2, 0.25) is 0 Å². The first-order valence-corrected chi connectivity index (χ1v) is 8.42. The summed E-state index contributed by atoms with van der Waals surface area (Å²) in [6.07, 6.45) is 2.99. The maximum Gasteiger partial charge on any atom is 0.133 e. The minimum absolute atomic E-state index is 0.119. The third kappa shape index (κ3) is 3.16. The standard InChI is InChI=1S/C16H26N6O/c1-4-15-18-19-16-6-5-13(10-21(15)16)17-9-14-11(2)20-22(7-8-23)12(14)3/h13,17,23H,4-10H2,1-3H3. The first-order chi connectivity index (χ1) is 11.1. The van der Waals surface area contributed by atoms with Crippen LogP contribution in [-0.4, -0.2) is 42.3 Å². The van der Waals surface area contributed by atoms with Crippen LogP contribution in [0.4, 0.5) is 0 Å². The smallest absolute Gasteiger partial charge is 0.133 e. The molecule has 0 fully saturated rings. The molecule has 0 radical (unpaired) electrons. The Morgan fingerprint density at radius 2 is 2.13 bits per heavy atom. The number of hydrogen-bond acceptors (Lipinski definition) is 5. The fourth-order valence-corrected chi connectivity index (χ4v) is 3.36. The van der Waals surface area contributed by atoms with Crippen molar-refractivity contribution in [2.45, 2.75) is 65.7 Å². The zero-order valence-corrected chi connectivity index (χ0v) is 14.2. The highest BCUT2D eigenvalue weighted by Gasteiger charge is 2.22. The van der Waals surface area contributed by atoms with E-state index in [1.165, 1.54) is 5.56 Å². The Morgan fingerprint density at radius 1 is 1.30 bits per heavy atom. The number of nitrogens with zero attached hydrogens (tertiary/aromatic N) is 5. The van der Waals surface area contributed by atoms with Gasteiger partial charge in [-0.05, 0) is 20.3 Å². The van der Waals surface area contributed by atoms with E-state index < -0.39 is 0 Å². The molecule has 1 aliphatic rings. The zero-order chi connectivity index (χ0) is 16.4. The molecule has 3 heterocycles. The molecular weight excluding hydrogens is 292 g/mol. The van der Waals surface area contributed by atoms with Gasteiger partial charge in [0.25, 0.3) is 0 Å². The largest absolute Gasteiger partial charge is 0.394 e. The SMILES string of the molecule is CCc1nnc2n1CC(NCc1c(C)nn(CCO)c1C)CC2. The summed E-state index contributed by atoms with van der Waals surface area (Å²) >= 11 is 0.